The first-order chi connectivity index (χ1) is 11.6. The van der Waals surface area contributed by atoms with Crippen LogP contribution >= 0.6 is 0 Å². The molecule has 1 N–H and O–H groups in total. The molecule has 2 saturated heterocycles. The highest BCUT2D eigenvalue weighted by Crippen LogP contribution is 2.24. The highest BCUT2D eigenvalue weighted by molar-refractivity contribution is 5.78. The van der Waals surface area contributed by atoms with Gasteiger partial charge in [0.25, 0.3) is 0 Å². The van der Waals surface area contributed by atoms with Gasteiger partial charge in [0.2, 0.25) is 5.91 Å². The van der Waals surface area contributed by atoms with Crippen molar-refractivity contribution in [3.63, 3.8) is 0 Å². The maximum Gasteiger partial charge on any atom is 0.236 e. The molecule has 6 heteroatoms. The van der Waals surface area contributed by atoms with Crippen molar-refractivity contribution < 1.29 is 19.4 Å². The molecule has 0 saturated carbocycles. The van der Waals surface area contributed by atoms with Crippen LogP contribution < -0.4 is 4.74 Å². The molecule has 2 heterocycles. The number of carbonyl (C=O) groups is 1. The van der Waals surface area contributed by atoms with Crippen molar-refractivity contribution in [2.45, 2.75) is 18.4 Å². The lowest BCUT2D eigenvalue weighted by molar-refractivity contribution is -0.138. The monoisotopic (exact) mass is 334 g/mol. The summed E-state index contributed by atoms with van der Waals surface area (Å²) in [5, 5.41) is 10.7. The fourth-order valence-electron chi connectivity index (χ4n) is 3.10. The molecule has 132 valence electrons. The molecule has 2 fully saturated rings. The summed E-state index contributed by atoms with van der Waals surface area (Å²) in [5.74, 6) is 0.902. The largest absolute Gasteiger partial charge is 0.491 e. The van der Waals surface area contributed by atoms with Crippen molar-refractivity contribution in [1.29, 1.82) is 0 Å². The van der Waals surface area contributed by atoms with Crippen molar-refractivity contribution in [3.8, 4) is 5.75 Å². The molecular formula is C18H26N2O4. The molecule has 2 aliphatic rings. The number of aliphatic hydroxyl groups is 1. The molecule has 2 aliphatic heterocycles. The molecule has 1 aromatic rings. The number of rotatable bonds is 5. The predicted molar refractivity (Wildman–Crippen MR) is 90.0 cm³/mol. The molecule has 24 heavy (non-hydrogen) atoms. The maximum atomic E-state index is 12.4. The number of hydrogen-bond acceptors (Lipinski definition) is 5. The summed E-state index contributed by atoms with van der Waals surface area (Å²) in [6.45, 7) is 4.90. The average Bonchev–Trinajstić information content (AvgIpc) is 2.62. The van der Waals surface area contributed by atoms with E-state index in [-0.39, 0.29) is 12.5 Å². The number of likely N-dealkylation sites (tertiary alicyclic amines) is 1. The number of hydrogen-bond donors (Lipinski definition) is 1. The summed E-state index contributed by atoms with van der Waals surface area (Å²) >= 11 is 0. The smallest absolute Gasteiger partial charge is 0.236 e. The van der Waals surface area contributed by atoms with Crippen LogP contribution in [-0.2, 0) is 9.53 Å². The van der Waals surface area contributed by atoms with Crippen LogP contribution in [0.1, 0.15) is 12.8 Å². The van der Waals surface area contributed by atoms with E-state index < -0.39 is 5.60 Å². The molecule has 0 aromatic heterocycles. The number of carbonyl (C=O) groups excluding carboxylic acids is 1. The Labute approximate surface area is 143 Å². The third-order valence-electron chi connectivity index (χ3n) is 4.76. The van der Waals surface area contributed by atoms with Crippen LogP contribution in [0.5, 0.6) is 5.75 Å². The Bertz CT molecular complexity index is 523. The lowest BCUT2D eigenvalue weighted by atomic mass is 9.92. The van der Waals surface area contributed by atoms with Gasteiger partial charge in [-0.3, -0.25) is 9.69 Å². The predicted octanol–water partition coefficient (Wildman–Crippen LogP) is 0.751. The first-order valence-electron chi connectivity index (χ1n) is 8.63. The van der Waals surface area contributed by atoms with Crippen molar-refractivity contribution in [1.82, 2.24) is 9.80 Å². The summed E-state index contributed by atoms with van der Waals surface area (Å²) in [6.07, 6.45) is 1.10. The third kappa shape index (κ3) is 4.69. The highest BCUT2D eigenvalue weighted by atomic mass is 16.5. The van der Waals surface area contributed by atoms with Crippen molar-refractivity contribution in [3.05, 3.63) is 30.3 Å². The van der Waals surface area contributed by atoms with Crippen LogP contribution in [-0.4, -0.2) is 79.0 Å². The van der Waals surface area contributed by atoms with E-state index in [0.717, 1.165) is 18.8 Å². The fourth-order valence-corrected chi connectivity index (χ4v) is 3.10. The quantitative estimate of drug-likeness (QED) is 0.861. The summed E-state index contributed by atoms with van der Waals surface area (Å²) in [6, 6.07) is 9.51. The second-order valence-corrected chi connectivity index (χ2v) is 6.60. The topological polar surface area (TPSA) is 62.2 Å². The van der Waals surface area contributed by atoms with Crippen LogP contribution in [0, 0.1) is 0 Å². The maximum absolute atomic E-state index is 12.4. The minimum Gasteiger partial charge on any atom is -0.491 e. The van der Waals surface area contributed by atoms with E-state index in [1.165, 1.54) is 0 Å². The number of amides is 1. The Morgan fingerprint density at radius 3 is 2.46 bits per heavy atom. The highest BCUT2D eigenvalue weighted by Gasteiger charge is 2.35. The Kier molecular flexibility index (Phi) is 5.71. The molecule has 1 amide bonds. The van der Waals surface area contributed by atoms with Crippen LogP contribution in [0.3, 0.4) is 0 Å². The van der Waals surface area contributed by atoms with Gasteiger partial charge in [-0.2, -0.15) is 0 Å². The molecule has 0 radical (unpaired) electrons. The summed E-state index contributed by atoms with van der Waals surface area (Å²) in [4.78, 5) is 16.4. The average molecular weight is 334 g/mol. The van der Waals surface area contributed by atoms with E-state index in [1.807, 2.05) is 35.2 Å². The second-order valence-electron chi connectivity index (χ2n) is 6.60. The Balaban J connectivity index is 1.43. The van der Waals surface area contributed by atoms with E-state index in [4.69, 9.17) is 9.47 Å². The van der Waals surface area contributed by atoms with Gasteiger partial charge in [0.1, 0.15) is 18.0 Å². The number of nitrogens with zero attached hydrogens (tertiary/aromatic N) is 2. The van der Waals surface area contributed by atoms with Gasteiger partial charge in [-0.1, -0.05) is 18.2 Å². The van der Waals surface area contributed by atoms with Crippen LogP contribution in [0.25, 0.3) is 0 Å². The summed E-state index contributed by atoms with van der Waals surface area (Å²) in [5.41, 5.74) is -0.856. The lowest BCUT2D eigenvalue weighted by Gasteiger charge is -2.38. The standard InChI is InChI=1S/C18H26N2O4/c21-17(14-19-10-12-23-13-11-19)20-8-6-18(22,7-9-20)15-24-16-4-2-1-3-5-16/h1-5,22H,6-15H2. The molecule has 0 bridgehead atoms. The van der Waals surface area contributed by atoms with Crippen LogP contribution in [0.15, 0.2) is 30.3 Å². The number of para-hydroxylation sites is 1. The molecule has 3 rings (SSSR count). The fraction of sp³-hybridized carbons (Fsp3) is 0.611. The van der Waals surface area contributed by atoms with Gasteiger partial charge in [-0.25, -0.2) is 0 Å². The molecule has 0 aliphatic carbocycles. The van der Waals surface area contributed by atoms with E-state index in [2.05, 4.69) is 4.90 Å². The zero-order valence-corrected chi connectivity index (χ0v) is 14.0. The normalized spacial score (nSPS) is 21.5. The zero-order chi connectivity index (χ0) is 16.8. The Morgan fingerprint density at radius 2 is 1.79 bits per heavy atom. The van der Waals surface area contributed by atoms with Gasteiger partial charge >= 0.3 is 0 Å². The Morgan fingerprint density at radius 1 is 1.12 bits per heavy atom. The summed E-state index contributed by atoms with van der Waals surface area (Å²) in [7, 11) is 0. The minimum atomic E-state index is -0.856. The number of ether oxygens (including phenoxy) is 2. The van der Waals surface area contributed by atoms with Crippen molar-refractivity contribution >= 4 is 5.91 Å². The molecular weight excluding hydrogens is 308 g/mol. The minimum absolute atomic E-state index is 0.142. The third-order valence-corrected chi connectivity index (χ3v) is 4.76. The van der Waals surface area contributed by atoms with Gasteiger partial charge in [-0.15, -0.1) is 0 Å². The first kappa shape index (κ1) is 17.2. The van der Waals surface area contributed by atoms with Crippen LogP contribution in [0.4, 0.5) is 0 Å². The molecule has 0 atom stereocenters. The van der Waals surface area contributed by atoms with Crippen LogP contribution in [0.2, 0.25) is 0 Å². The van der Waals surface area contributed by atoms with Gasteiger partial charge in [0, 0.05) is 26.2 Å². The van der Waals surface area contributed by atoms with Crippen molar-refractivity contribution in [2.24, 2.45) is 0 Å². The van der Waals surface area contributed by atoms with E-state index in [1.54, 1.807) is 0 Å². The SMILES string of the molecule is O=C(CN1CCOCC1)N1CCC(O)(COc2ccccc2)CC1. The van der Waals surface area contributed by atoms with Gasteiger partial charge in [0.15, 0.2) is 0 Å². The first-order valence-corrected chi connectivity index (χ1v) is 8.63. The van der Waals surface area contributed by atoms with Gasteiger partial charge in [-0.05, 0) is 25.0 Å². The summed E-state index contributed by atoms with van der Waals surface area (Å²) < 4.78 is 11.0. The van der Waals surface area contributed by atoms with E-state index >= 15 is 0 Å². The Hall–Kier alpha value is -1.63. The van der Waals surface area contributed by atoms with Gasteiger partial charge < -0.3 is 19.5 Å². The van der Waals surface area contributed by atoms with E-state index in [9.17, 15) is 9.90 Å². The van der Waals surface area contributed by atoms with E-state index in [0.29, 0.717) is 45.7 Å². The number of benzene rings is 1. The number of morpholine rings is 1. The molecule has 0 spiro atoms. The van der Waals surface area contributed by atoms with Crippen molar-refractivity contribution in [2.75, 3.05) is 52.5 Å². The lowest BCUT2D eigenvalue weighted by Crippen LogP contribution is -2.52. The zero-order valence-electron chi connectivity index (χ0n) is 14.0. The molecule has 6 nitrogen and oxygen atoms in total. The molecule has 1 aromatic carbocycles. The molecule has 0 unspecified atom stereocenters. The van der Waals surface area contributed by atoms with Gasteiger partial charge in [0.05, 0.1) is 19.8 Å². The number of piperidine rings is 1. The second kappa shape index (κ2) is 7.96.